The first-order valence-corrected chi connectivity index (χ1v) is 7.15. The van der Waals surface area contributed by atoms with Gasteiger partial charge in [-0.15, -0.1) is 0 Å². The van der Waals surface area contributed by atoms with E-state index in [1.165, 1.54) is 24.5 Å². The molecular weight excluding hydrogens is 322 g/mol. The van der Waals surface area contributed by atoms with Gasteiger partial charge in [0.1, 0.15) is 6.61 Å². The van der Waals surface area contributed by atoms with Gasteiger partial charge >= 0.3 is 0 Å². The van der Waals surface area contributed by atoms with Crippen molar-refractivity contribution >= 4 is 11.6 Å². The average molecular weight is 333 g/mol. The van der Waals surface area contributed by atoms with Gasteiger partial charge in [0, 0.05) is 12.4 Å². The van der Waals surface area contributed by atoms with Crippen LogP contribution in [0.15, 0.2) is 54.9 Å². The van der Waals surface area contributed by atoms with Crippen molar-refractivity contribution in [3.63, 3.8) is 0 Å². The van der Waals surface area contributed by atoms with Crippen molar-refractivity contribution in [3.05, 3.63) is 77.1 Å². The number of ether oxygens (including phenoxy) is 1. The number of rotatable bonds is 4. The Balaban J connectivity index is 1.84. The van der Waals surface area contributed by atoms with Crippen LogP contribution in [-0.2, 0) is 6.61 Å². The first-order chi connectivity index (χ1) is 11.1. The molecule has 3 nitrogen and oxygen atoms in total. The Morgan fingerprint density at radius 3 is 2.30 bits per heavy atom. The third kappa shape index (κ3) is 3.46. The summed E-state index contributed by atoms with van der Waals surface area (Å²) in [6.07, 6.45) is 2.64. The normalized spacial score (nSPS) is 10.6. The van der Waals surface area contributed by atoms with Gasteiger partial charge in [0.05, 0.1) is 10.6 Å². The monoisotopic (exact) mass is 332 g/mol. The van der Waals surface area contributed by atoms with E-state index in [0.717, 1.165) is 5.56 Å². The number of nitrogens with zero attached hydrogens (tertiary/aromatic N) is 2. The van der Waals surface area contributed by atoms with Crippen LogP contribution in [0.2, 0.25) is 5.02 Å². The molecule has 23 heavy (non-hydrogen) atoms. The zero-order valence-corrected chi connectivity index (χ0v) is 12.6. The highest BCUT2D eigenvalue weighted by Crippen LogP contribution is 2.28. The van der Waals surface area contributed by atoms with Crippen LogP contribution >= 0.6 is 11.6 Å². The van der Waals surface area contributed by atoms with Crippen molar-refractivity contribution in [1.82, 2.24) is 9.97 Å². The number of halogens is 3. The van der Waals surface area contributed by atoms with E-state index in [1.807, 2.05) is 30.3 Å². The van der Waals surface area contributed by atoms with Gasteiger partial charge in [0.25, 0.3) is 0 Å². The molecule has 0 spiro atoms. The Kier molecular flexibility index (Phi) is 4.48. The van der Waals surface area contributed by atoms with Gasteiger partial charge < -0.3 is 4.74 Å². The van der Waals surface area contributed by atoms with E-state index in [9.17, 15) is 8.78 Å². The minimum absolute atomic E-state index is 0.0498. The van der Waals surface area contributed by atoms with Gasteiger partial charge in [0.15, 0.2) is 17.4 Å². The van der Waals surface area contributed by atoms with Crippen molar-refractivity contribution in [3.8, 4) is 17.1 Å². The zero-order valence-electron chi connectivity index (χ0n) is 11.8. The summed E-state index contributed by atoms with van der Waals surface area (Å²) in [5.74, 6) is -2.24. The van der Waals surface area contributed by atoms with Gasteiger partial charge in [-0.2, -0.15) is 4.39 Å². The fourth-order valence-corrected chi connectivity index (χ4v) is 2.10. The summed E-state index contributed by atoms with van der Waals surface area (Å²) in [5, 5.41) is 0.317. The van der Waals surface area contributed by atoms with Crippen LogP contribution in [0.1, 0.15) is 5.56 Å². The molecule has 1 aromatic heterocycles. The van der Waals surface area contributed by atoms with Crippen molar-refractivity contribution in [2.45, 2.75) is 6.61 Å². The summed E-state index contributed by atoms with van der Waals surface area (Å²) in [4.78, 5) is 7.77. The lowest BCUT2D eigenvalue weighted by Crippen LogP contribution is -2.01. The molecule has 6 heteroatoms. The number of benzene rings is 2. The molecule has 1 heterocycles. The first kappa shape index (κ1) is 15.4. The van der Waals surface area contributed by atoms with Gasteiger partial charge in [-0.1, -0.05) is 41.9 Å². The lowest BCUT2D eigenvalue weighted by atomic mass is 10.1. The second-order valence-corrected chi connectivity index (χ2v) is 5.17. The second-order valence-electron chi connectivity index (χ2n) is 4.74. The maximum atomic E-state index is 14.2. The Morgan fingerprint density at radius 1 is 0.913 bits per heavy atom. The fraction of sp³-hybridized carbons (Fsp3) is 0.0588. The van der Waals surface area contributed by atoms with Crippen molar-refractivity contribution in [2.75, 3.05) is 0 Å². The van der Waals surface area contributed by atoms with Crippen molar-refractivity contribution < 1.29 is 13.5 Å². The summed E-state index contributed by atoms with van der Waals surface area (Å²) in [7, 11) is 0. The molecule has 0 unspecified atom stereocenters. The maximum Gasteiger partial charge on any atom is 0.201 e. The van der Waals surface area contributed by atoms with E-state index in [-0.39, 0.29) is 23.7 Å². The number of hydrogen-bond acceptors (Lipinski definition) is 3. The quantitative estimate of drug-likeness (QED) is 0.697. The van der Waals surface area contributed by atoms with E-state index in [2.05, 4.69) is 9.97 Å². The highest BCUT2D eigenvalue weighted by atomic mass is 35.5. The minimum atomic E-state index is -1.07. The predicted molar refractivity (Wildman–Crippen MR) is 83.2 cm³/mol. The van der Waals surface area contributed by atoms with Gasteiger partial charge in [0.2, 0.25) is 5.82 Å². The molecule has 3 aromatic rings. The molecule has 0 atom stereocenters. The van der Waals surface area contributed by atoms with Crippen LogP contribution in [-0.4, -0.2) is 9.97 Å². The van der Waals surface area contributed by atoms with E-state index >= 15 is 0 Å². The van der Waals surface area contributed by atoms with Crippen molar-refractivity contribution in [1.29, 1.82) is 0 Å². The molecule has 0 saturated heterocycles. The minimum Gasteiger partial charge on any atom is -0.486 e. The van der Waals surface area contributed by atoms with Crippen LogP contribution in [0.4, 0.5) is 8.78 Å². The molecule has 0 aliphatic carbocycles. The van der Waals surface area contributed by atoms with E-state index in [0.29, 0.717) is 5.02 Å². The molecule has 0 N–H and O–H groups in total. The van der Waals surface area contributed by atoms with Crippen LogP contribution < -0.4 is 4.74 Å². The summed E-state index contributed by atoms with van der Waals surface area (Å²) in [5.41, 5.74) is 0.809. The molecule has 0 bridgehead atoms. The highest BCUT2D eigenvalue weighted by molar-refractivity contribution is 6.30. The summed E-state index contributed by atoms with van der Waals surface area (Å²) < 4.78 is 33.7. The summed E-state index contributed by atoms with van der Waals surface area (Å²) in [6, 6.07) is 12.0. The molecule has 0 radical (unpaired) electrons. The lowest BCUT2D eigenvalue weighted by Gasteiger charge is -2.10. The highest BCUT2D eigenvalue weighted by Gasteiger charge is 2.17. The van der Waals surface area contributed by atoms with Crippen molar-refractivity contribution in [2.24, 2.45) is 0 Å². The summed E-state index contributed by atoms with van der Waals surface area (Å²) in [6.45, 7) is 0.147. The largest absolute Gasteiger partial charge is 0.486 e. The standard InChI is InChI=1S/C17H11ClF2N2O/c18-12-8-21-17(22-9-12)13-6-7-14(16(20)15(13)19)23-10-11-4-2-1-3-5-11/h1-9H,10H2. The Bertz CT molecular complexity index is 811. The van der Waals surface area contributed by atoms with Crippen LogP contribution in [0.3, 0.4) is 0 Å². The first-order valence-electron chi connectivity index (χ1n) is 6.78. The molecule has 2 aromatic carbocycles. The molecule has 0 fully saturated rings. The van der Waals surface area contributed by atoms with Gasteiger partial charge in [-0.25, -0.2) is 14.4 Å². The number of hydrogen-bond donors (Lipinski definition) is 0. The maximum absolute atomic E-state index is 14.2. The van der Waals surface area contributed by atoms with Gasteiger partial charge in [-0.05, 0) is 17.7 Å². The zero-order chi connectivity index (χ0) is 16.2. The molecular formula is C17H11ClF2N2O. The molecule has 3 rings (SSSR count). The second kappa shape index (κ2) is 6.71. The van der Waals surface area contributed by atoms with E-state index in [4.69, 9.17) is 16.3 Å². The molecule has 0 aliphatic heterocycles. The smallest absolute Gasteiger partial charge is 0.201 e. The van der Waals surface area contributed by atoms with Crippen LogP contribution in [0, 0.1) is 11.6 Å². The predicted octanol–water partition coefficient (Wildman–Crippen LogP) is 4.65. The Hall–Kier alpha value is -2.53. The third-order valence-electron chi connectivity index (χ3n) is 3.15. The molecule has 0 amide bonds. The molecule has 0 saturated carbocycles. The number of aromatic nitrogens is 2. The Morgan fingerprint density at radius 2 is 1.61 bits per heavy atom. The topological polar surface area (TPSA) is 35.0 Å². The molecule has 0 aliphatic rings. The van der Waals surface area contributed by atoms with E-state index < -0.39 is 11.6 Å². The molecule has 116 valence electrons. The van der Waals surface area contributed by atoms with Crippen LogP contribution in [0.25, 0.3) is 11.4 Å². The third-order valence-corrected chi connectivity index (χ3v) is 3.34. The Labute approximate surface area is 136 Å². The van der Waals surface area contributed by atoms with E-state index in [1.54, 1.807) is 0 Å². The van der Waals surface area contributed by atoms with Gasteiger partial charge in [-0.3, -0.25) is 0 Å². The average Bonchev–Trinajstić information content (AvgIpc) is 2.58. The summed E-state index contributed by atoms with van der Waals surface area (Å²) >= 11 is 5.68. The van der Waals surface area contributed by atoms with Crippen LogP contribution in [0.5, 0.6) is 5.75 Å². The fourth-order valence-electron chi connectivity index (χ4n) is 2.00. The SMILES string of the molecule is Fc1c(OCc2ccccc2)ccc(-c2ncc(Cl)cn2)c1F. The lowest BCUT2D eigenvalue weighted by molar-refractivity contribution is 0.285.